The Labute approximate surface area is 182 Å². The molecule has 5 heteroatoms. The number of nitrogens with one attached hydrogen (secondary N) is 1. The molecule has 1 N–H and O–H groups in total. The van der Waals surface area contributed by atoms with E-state index in [-0.39, 0.29) is 11.9 Å². The maximum Gasteiger partial charge on any atom is 0.251 e. The van der Waals surface area contributed by atoms with E-state index in [9.17, 15) is 4.79 Å². The lowest BCUT2D eigenvalue weighted by Crippen LogP contribution is -2.44. The van der Waals surface area contributed by atoms with E-state index in [0.29, 0.717) is 12.2 Å². The van der Waals surface area contributed by atoms with Crippen molar-refractivity contribution in [3.63, 3.8) is 0 Å². The number of carbonyl (C=O) groups excluding carboxylic acids is 1. The minimum atomic E-state index is -0.0195. The lowest BCUT2D eigenvalue weighted by atomic mass is 10.0. The molecule has 30 heavy (non-hydrogen) atoms. The van der Waals surface area contributed by atoms with Crippen LogP contribution in [0.1, 0.15) is 39.2 Å². The lowest BCUT2D eigenvalue weighted by molar-refractivity contribution is 0.0908. The molecule has 1 aromatic heterocycles. The summed E-state index contributed by atoms with van der Waals surface area (Å²) in [5.41, 5.74) is 3.38. The van der Waals surface area contributed by atoms with Crippen molar-refractivity contribution in [2.45, 2.75) is 39.0 Å². The summed E-state index contributed by atoms with van der Waals surface area (Å²) in [6.07, 6.45) is 1.96. The van der Waals surface area contributed by atoms with Crippen LogP contribution in [0.25, 0.3) is 0 Å². The highest BCUT2D eigenvalue weighted by Gasteiger charge is 2.21. The highest BCUT2D eigenvalue weighted by atomic mass is 32.1. The number of hydrogen-bond acceptors (Lipinski definition) is 4. The average molecular weight is 421 g/mol. The Hall–Kier alpha value is -2.63. The third-order valence-electron chi connectivity index (χ3n) is 5.64. The molecule has 0 spiro atoms. The van der Waals surface area contributed by atoms with Gasteiger partial charge in [0.25, 0.3) is 5.91 Å². The molecule has 156 valence electrons. The van der Waals surface area contributed by atoms with Crippen LogP contribution in [0.3, 0.4) is 0 Å². The van der Waals surface area contributed by atoms with Crippen LogP contribution >= 0.6 is 11.3 Å². The summed E-state index contributed by atoms with van der Waals surface area (Å²) in [6, 6.07) is 20.3. The minimum absolute atomic E-state index is 0.0195. The van der Waals surface area contributed by atoms with Crippen LogP contribution in [-0.4, -0.2) is 29.9 Å². The summed E-state index contributed by atoms with van der Waals surface area (Å²) < 4.78 is 5.84. The molecule has 3 aromatic rings. The van der Waals surface area contributed by atoms with E-state index in [2.05, 4.69) is 41.4 Å². The summed E-state index contributed by atoms with van der Waals surface area (Å²) >= 11 is 1.67. The van der Waals surface area contributed by atoms with Crippen LogP contribution in [0.4, 0.5) is 0 Å². The third kappa shape index (κ3) is 5.49. The van der Waals surface area contributed by atoms with E-state index in [1.165, 1.54) is 16.0 Å². The average Bonchev–Trinajstić information content (AvgIpc) is 3.29. The van der Waals surface area contributed by atoms with Gasteiger partial charge in [0.05, 0.1) is 0 Å². The molecule has 4 rings (SSSR count). The molecule has 1 saturated heterocycles. The molecule has 0 aliphatic carbocycles. The first-order valence-corrected chi connectivity index (χ1v) is 11.4. The van der Waals surface area contributed by atoms with E-state index < -0.39 is 0 Å². The van der Waals surface area contributed by atoms with Crippen LogP contribution in [0.2, 0.25) is 0 Å². The fourth-order valence-electron chi connectivity index (χ4n) is 3.81. The maximum absolute atomic E-state index is 12.7. The molecule has 2 aromatic carbocycles. The zero-order chi connectivity index (χ0) is 20.8. The maximum atomic E-state index is 12.7. The van der Waals surface area contributed by atoms with Gasteiger partial charge in [0.1, 0.15) is 12.4 Å². The number of likely N-dealkylation sites (tertiary alicyclic amines) is 1. The lowest BCUT2D eigenvalue weighted by Gasteiger charge is -2.32. The number of thiophene rings is 1. The second kappa shape index (κ2) is 9.92. The quantitative estimate of drug-likeness (QED) is 0.583. The number of rotatable bonds is 7. The molecular formula is C25H28N2O2S. The zero-order valence-electron chi connectivity index (χ0n) is 17.3. The van der Waals surface area contributed by atoms with Gasteiger partial charge in [-0.25, -0.2) is 0 Å². The topological polar surface area (TPSA) is 41.6 Å². The molecule has 0 radical (unpaired) electrons. The Balaban J connectivity index is 1.26. The van der Waals surface area contributed by atoms with Crippen molar-refractivity contribution >= 4 is 17.2 Å². The predicted molar refractivity (Wildman–Crippen MR) is 122 cm³/mol. The molecule has 2 heterocycles. The predicted octanol–water partition coefficient (Wildman–Crippen LogP) is 5.03. The van der Waals surface area contributed by atoms with Crippen LogP contribution in [0.5, 0.6) is 5.75 Å². The summed E-state index contributed by atoms with van der Waals surface area (Å²) in [7, 11) is 0. The molecule has 0 unspecified atom stereocenters. The van der Waals surface area contributed by atoms with Gasteiger partial charge in [0.15, 0.2) is 0 Å². The van der Waals surface area contributed by atoms with Crippen molar-refractivity contribution in [3.8, 4) is 5.75 Å². The van der Waals surface area contributed by atoms with E-state index in [1.54, 1.807) is 11.3 Å². The first kappa shape index (κ1) is 20.6. The number of carbonyl (C=O) groups is 1. The molecule has 4 nitrogen and oxygen atoms in total. The molecule has 0 bridgehead atoms. The van der Waals surface area contributed by atoms with Crippen LogP contribution in [0.15, 0.2) is 66.0 Å². The largest absolute Gasteiger partial charge is 0.488 e. The molecule has 1 aliphatic rings. The second-order valence-electron chi connectivity index (χ2n) is 7.85. The standard InChI is InChI=1S/C25H28N2O2S/c1-19-6-2-3-7-21(19)17-27-13-11-22(12-14-27)26-25(28)20-8-4-9-23(16-20)29-18-24-10-5-15-30-24/h2-10,15-16,22H,11-14,17-18H2,1H3,(H,26,28). The zero-order valence-corrected chi connectivity index (χ0v) is 18.2. The number of hydrogen-bond donors (Lipinski definition) is 1. The van der Waals surface area contributed by atoms with Crippen LogP contribution in [-0.2, 0) is 13.2 Å². The Morgan fingerprint density at radius 3 is 2.70 bits per heavy atom. The molecule has 1 aliphatic heterocycles. The number of piperidine rings is 1. The van der Waals surface area contributed by atoms with Gasteiger partial charge in [-0.2, -0.15) is 0 Å². The van der Waals surface area contributed by atoms with Crippen molar-refractivity contribution in [1.82, 2.24) is 10.2 Å². The molecule has 1 fully saturated rings. The van der Waals surface area contributed by atoms with Gasteiger partial charge in [-0.05, 0) is 60.5 Å². The van der Waals surface area contributed by atoms with Gasteiger partial charge in [-0.3, -0.25) is 9.69 Å². The Bertz CT molecular complexity index is 963. The monoisotopic (exact) mass is 420 g/mol. The first-order chi connectivity index (χ1) is 14.7. The number of amides is 1. The third-order valence-corrected chi connectivity index (χ3v) is 6.49. The van der Waals surface area contributed by atoms with Crippen molar-refractivity contribution < 1.29 is 9.53 Å². The molecule has 0 saturated carbocycles. The second-order valence-corrected chi connectivity index (χ2v) is 8.88. The summed E-state index contributed by atoms with van der Waals surface area (Å²) in [5, 5.41) is 5.25. The van der Waals surface area contributed by atoms with Gasteiger partial charge in [0, 0.05) is 36.1 Å². The fraction of sp³-hybridized carbons (Fsp3) is 0.320. The number of nitrogens with zero attached hydrogens (tertiary/aromatic N) is 1. The number of ether oxygens (including phenoxy) is 1. The van der Waals surface area contributed by atoms with Gasteiger partial charge < -0.3 is 10.1 Å². The Kier molecular flexibility index (Phi) is 6.82. The van der Waals surface area contributed by atoms with Crippen LogP contribution < -0.4 is 10.1 Å². The smallest absolute Gasteiger partial charge is 0.251 e. The normalized spacial score (nSPS) is 15.1. The van der Waals surface area contributed by atoms with Crippen molar-refractivity contribution in [2.24, 2.45) is 0 Å². The number of benzene rings is 2. The van der Waals surface area contributed by atoms with Crippen molar-refractivity contribution in [3.05, 3.63) is 87.6 Å². The molecule has 1 amide bonds. The minimum Gasteiger partial charge on any atom is -0.488 e. The van der Waals surface area contributed by atoms with E-state index in [4.69, 9.17) is 4.74 Å². The van der Waals surface area contributed by atoms with Crippen LogP contribution in [0, 0.1) is 6.92 Å². The number of aryl methyl sites for hydroxylation is 1. The first-order valence-electron chi connectivity index (χ1n) is 10.5. The van der Waals surface area contributed by atoms with E-state index >= 15 is 0 Å². The van der Waals surface area contributed by atoms with Crippen molar-refractivity contribution in [2.75, 3.05) is 13.1 Å². The SMILES string of the molecule is Cc1ccccc1CN1CCC(NC(=O)c2cccc(OCc3cccs3)c2)CC1. The summed E-state index contributed by atoms with van der Waals surface area (Å²) in [6.45, 7) is 5.69. The highest BCUT2D eigenvalue weighted by Crippen LogP contribution is 2.19. The van der Waals surface area contributed by atoms with Gasteiger partial charge in [-0.1, -0.05) is 36.4 Å². The summed E-state index contributed by atoms with van der Waals surface area (Å²) in [5.74, 6) is 0.707. The van der Waals surface area contributed by atoms with E-state index in [1.807, 2.05) is 41.8 Å². The van der Waals surface area contributed by atoms with Gasteiger partial charge in [-0.15, -0.1) is 11.3 Å². The Morgan fingerprint density at radius 2 is 1.93 bits per heavy atom. The molecular weight excluding hydrogens is 392 g/mol. The van der Waals surface area contributed by atoms with E-state index in [0.717, 1.165) is 38.2 Å². The fourth-order valence-corrected chi connectivity index (χ4v) is 4.42. The Morgan fingerprint density at radius 1 is 1.10 bits per heavy atom. The van der Waals surface area contributed by atoms with Gasteiger partial charge >= 0.3 is 0 Å². The van der Waals surface area contributed by atoms with Gasteiger partial charge in [0.2, 0.25) is 0 Å². The highest BCUT2D eigenvalue weighted by molar-refractivity contribution is 7.09. The summed E-state index contributed by atoms with van der Waals surface area (Å²) in [4.78, 5) is 16.4. The van der Waals surface area contributed by atoms with Crippen molar-refractivity contribution in [1.29, 1.82) is 0 Å². The molecule has 0 atom stereocenters.